The van der Waals surface area contributed by atoms with Gasteiger partial charge in [0.05, 0.1) is 23.1 Å². The summed E-state index contributed by atoms with van der Waals surface area (Å²) in [5.41, 5.74) is 9.28. The number of hydrogen-bond acceptors (Lipinski definition) is 3. The highest BCUT2D eigenvalue weighted by Crippen LogP contribution is 2.42. The summed E-state index contributed by atoms with van der Waals surface area (Å²) in [6.45, 7) is 4.47. The van der Waals surface area contributed by atoms with Crippen LogP contribution >= 0.6 is 11.6 Å². The highest BCUT2D eigenvalue weighted by Gasteiger charge is 2.32. The summed E-state index contributed by atoms with van der Waals surface area (Å²) < 4.78 is 1.85. The molecule has 2 aromatic rings. The topological polar surface area (TPSA) is 72.9 Å². The second-order valence-electron chi connectivity index (χ2n) is 6.58. The monoisotopic (exact) mass is 346 g/mol. The van der Waals surface area contributed by atoms with Crippen molar-refractivity contribution in [1.29, 1.82) is 0 Å². The molecule has 1 fully saturated rings. The molecule has 1 aromatic carbocycles. The molecule has 0 bridgehead atoms. The van der Waals surface area contributed by atoms with Crippen LogP contribution in [0.4, 0.5) is 0 Å². The van der Waals surface area contributed by atoms with Crippen LogP contribution in [0.25, 0.3) is 5.69 Å². The Labute approximate surface area is 147 Å². The maximum atomic E-state index is 12.5. The number of rotatable bonds is 6. The maximum Gasteiger partial charge on any atom is 0.254 e. The molecule has 0 saturated heterocycles. The van der Waals surface area contributed by atoms with E-state index in [1.165, 1.54) is 0 Å². The van der Waals surface area contributed by atoms with Gasteiger partial charge in [-0.2, -0.15) is 5.10 Å². The molecule has 0 aliphatic heterocycles. The Hall–Kier alpha value is -1.85. The fourth-order valence-corrected chi connectivity index (χ4v) is 2.89. The van der Waals surface area contributed by atoms with Crippen molar-refractivity contribution >= 4 is 17.5 Å². The minimum atomic E-state index is -0.0815. The van der Waals surface area contributed by atoms with Crippen molar-refractivity contribution in [2.24, 2.45) is 5.73 Å². The highest BCUT2D eigenvalue weighted by molar-refractivity contribution is 6.31. The standard InChI is InChI=1S/C18H23ClN4O/c1-11-3-6-14(9-16(11)19)23-17(13-4-5-13)15(10-22-23)18(24)21-8-7-12(2)20/h3,6,9-10,12-13H,4-5,7-8,20H2,1-2H3,(H,21,24). The zero-order chi connectivity index (χ0) is 17.3. The summed E-state index contributed by atoms with van der Waals surface area (Å²) in [6.07, 6.45) is 4.59. The third kappa shape index (κ3) is 3.62. The van der Waals surface area contributed by atoms with Gasteiger partial charge >= 0.3 is 0 Å². The minimum Gasteiger partial charge on any atom is -0.352 e. The molecule has 1 heterocycles. The van der Waals surface area contributed by atoms with Crippen molar-refractivity contribution in [3.8, 4) is 5.69 Å². The van der Waals surface area contributed by atoms with Gasteiger partial charge in [-0.15, -0.1) is 0 Å². The van der Waals surface area contributed by atoms with E-state index in [0.29, 0.717) is 23.0 Å². The molecule has 3 rings (SSSR count). The Morgan fingerprint density at radius 3 is 2.88 bits per heavy atom. The van der Waals surface area contributed by atoms with Gasteiger partial charge in [-0.25, -0.2) is 4.68 Å². The molecule has 1 aromatic heterocycles. The van der Waals surface area contributed by atoms with Crippen LogP contribution < -0.4 is 11.1 Å². The van der Waals surface area contributed by atoms with Crippen molar-refractivity contribution in [2.45, 2.75) is 45.1 Å². The molecule has 1 atom stereocenters. The minimum absolute atomic E-state index is 0.0747. The Bertz CT molecular complexity index is 749. The summed E-state index contributed by atoms with van der Waals surface area (Å²) in [5.74, 6) is 0.309. The van der Waals surface area contributed by atoms with E-state index in [2.05, 4.69) is 10.4 Å². The predicted molar refractivity (Wildman–Crippen MR) is 95.9 cm³/mol. The largest absolute Gasteiger partial charge is 0.352 e. The highest BCUT2D eigenvalue weighted by atomic mass is 35.5. The van der Waals surface area contributed by atoms with Crippen LogP contribution in [-0.2, 0) is 0 Å². The average molecular weight is 347 g/mol. The number of amides is 1. The van der Waals surface area contributed by atoms with E-state index in [4.69, 9.17) is 17.3 Å². The van der Waals surface area contributed by atoms with Crippen LogP contribution in [0.15, 0.2) is 24.4 Å². The van der Waals surface area contributed by atoms with Crippen molar-refractivity contribution in [3.63, 3.8) is 0 Å². The van der Waals surface area contributed by atoms with Crippen molar-refractivity contribution in [1.82, 2.24) is 15.1 Å². The molecule has 128 valence electrons. The van der Waals surface area contributed by atoms with Crippen LogP contribution in [-0.4, -0.2) is 28.3 Å². The molecule has 1 aliphatic rings. The van der Waals surface area contributed by atoms with Gasteiger partial charge in [0.15, 0.2) is 0 Å². The summed E-state index contributed by atoms with van der Waals surface area (Å²) in [7, 11) is 0. The van der Waals surface area contributed by atoms with Crippen LogP contribution in [0.3, 0.4) is 0 Å². The first-order valence-electron chi connectivity index (χ1n) is 8.35. The van der Waals surface area contributed by atoms with Crippen molar-refractivity contribution < 1.29 is 4.79 Å². The zero-order valence-corrected chi connectivity index (χ0v) is 14.8. The second-order valence-corrected chi connectivity index (χ2v) is 6.99. The van der Waals surface area contributed by atoms with Gasteiger partial charge in [0.1, 0.15) is 0 Å². The van der Waals surface area contributed by atoms with Gasteiger partial charge in [-0.05, 0) is 50.8 Å². The summed E-state index contributed by atoms with van der Waals surface area (Å²) in [5, 5.41) is 8.10. The summed E-state index contributed by atoms with van der Waals surface area (Å²) in [4.78, 5) is 12.5. The number of nitrogens with two attached hydrogens (primary N) is 1. The number of aryl methyl sites for hydroxylation is 1. The molecule has 0 radical (unpaired) electrons. The van der Waals surface area contributed by atoms with Crippen LogP contribution in [0, 0.1) is 6.92 Å². The third-order valence-corrected chi connectivity index (χ3v) is 4.71. The number of hydrogen-bond donors (Lipinski definition) is 2. The fraction of sp³-hybridized carbons (Fsp3) is 0.444. The van der Waals surface area contributed by atoms with E-state index in [-0.39, 0.29) is 11.9 Å². The normalized spacial score (nSPS) is 15.3. The maximum absolute atomic E-state index is 12.5. The first-order valence-corrected chi connectivity index (χ1v) is 8.73. The molecule has 6 heteroatoms. The number of benzene rings is 1. The molecular weight excluding hydrogens is 324 g/mol. The third-order valence-electron chi connectivity index (χ3n) is 4.30. The van der Waals surface area contributed by atoms with E-state index in [1.54, 1.807) is 6.20 Å². The first kappa shape index (κ1) is 17.0. The Balaban J connectivity index is 1.88. The van der Waals surface area contributed by atoms with Gasteiger partial charge in [0.25, 0.3) is 5.91 Å². The number of halogens is 1. The van der Waals surface area contributed by atoms with E-state index in [1.807, 2.05) is 36.7 Å². The molecular formula is C18H23ClN4O. The number of carbonyl (C=O) groups excluding carboxylic acids is 1. The molecule has 1 unspecified atom stereocenters. The Kier molecular flexibility index (Phi) is 4.92. The molecule has 1 saturated carbocycles. The zero-order valence-electron chi connectivity index (χ0n) is 14.1. The number of carbonyl (C=O) groups is 1. The predicted octanol–water partition coefficient (Wildman–Crippen LogP) is 3.18. The van der Waals surface area contributed by atoms with Gasteiger partial charge in [-0.1, -0.05) is 17.7 Å². The van der Waals surface area contributed by atoms with Gasteiger partial charge < -0.3 is 11.1 Å². The van der Waals surface area contributed by atoms with Crippen molar-refractivity contribution in [3.05, 3.63) is 46.2 Å². The average Bonchev–Trinajstić information content (AvgIpc) is 3.28. The second kappa shape index (κ2) is 6.95. The number of nitrogens with one attached hydrogen (secondary N) is 1. The number of nitrogens with zero attached hydrogens (tertiary/aromatic N) is 2. The van der Waals surface area contributed by atoms with Crippen molar-refractivity contribution in [2.75, 3.05) is 6.54 Å². The van der Waals surface area contributed by atoms with E-state index in [9.17, 15) is 4.79 Å². The van der Waals surface area contributed by atoms with E-state index >= 15 is 0 Å². The quantitative estimate of drug-likeness (QED) is 0.843. The summed E-state index contributed by atoms with van der Waals surface area (Å²) in [6, 6.07) is 5.93. The Morgan fingerprint density at radius 2 is 2.25 bits per heavy atom. The van der Waals surface area contributed by atoms with Gasteiger partial charge in [0.2, 0.25) is 0 Å². The Morgan fingerprint density at radius 1 is 1.50 bits per heavy atom. The molecule has 3 N–H and O–H groups in total. The van der Waals surface area contributed by atoms with Crippen LogP contribution in [0.2, 0.25) is 5.02 Å². The molecule has 1 amide bonds. The summed E-state index contributed by atoms with van der Waals surface area (Å²) >= 11 is 6.25. The molecule has 1 aliphatic carbocycles. The SMILES string of the molecule is Cc1ccc(-n2ncc(C(=O)NCCC(C)N)c2C2CC2)cc1Cl. The lowest BCUT2D eigenvalue weighted by Crippen LogP contribution is -2.29. The van der Waals surface area contributed by atoms with E-state index in [0.717, 1.165) is 36.2 Å². The fourth-order valence-electron chi connectivity index (χ4n) is 2.71. The molecule has 0 spiro atoms. The lowest BCUT2D eigenvalue weighted by Gasteiger charge is -2.11. The molecule has 24 heavy (non-hydrogen) atoms. The van der Waals surface area contributed by atoms with E-state index < -0.39 is 0 Å². The van der Waals surface area contributed by atoms with Gasteiger partial charge in [0, 0.05) is 23.5 Å². The lowest BCUT2D eigenvalue weighted by atomic mass is 10.1. The lowest BCUT2D eigenvalue weighted by molar-refractivity contribution is 0.0951. The first-order chi connectivity index (χ1) is 11.5. The van der Waals surface area contributed by atoms with Gasteiger partial charge in [-0.3, -0.25) is 4.79 Å². The smallest absolute Gasteiger partial charge is 0.254 e. The van der Waals surface area contributed by atoms with Crippen LogP contribution in [0.5, 0.6) is 0 Å². The van der Waals surface area contributed by atoms with Crippen LogP contribution in [0.1, 0.15) is 53.7 Å². The number of aromatic nitrogens is 2. The molecule has 5 nitrogen and oxygen atoms in total.